The highest BCUT2D eigenvalue weighted by molar-refractivity contribution is 5.78. The van der Waals surface area contributed by atoms with Crippen LogP contribution in [0.4, 0.5) is 0 Å². The van der Waals surface area contributed by atoms with Crippen molar-refractivity contribution in [1.29, 1.82) is 0 Å². The molecule has 0 fully saturated rings. The quantitative estimate of drug-likeness (QED) is 0.702. The van der Waals surface area contributed by atoms with Crippen LogP contribution >= 0.6 is 0 Å². The Kier molecular flexibility index (Phi) is 6.96. The van der Waals surface area contributed by atoms with E-state index in [1.54, 1.807) is 6.92 Å². The number of carboxylic acid groups (broad SMARTS) is 1. The number of aliphatic carboxylic acids is 1. The number of carbonyl (C=O) groups is 2. The number of rotatable bonds is 8. The van der Waals surface area contributed by atoms with Crippen molar-refractivity contribution in [3.8, 4) is 0 Å². The Morgan fingerprint density at radius 3 is 2.22 bits per heavy atom. The molecule has 0 radical (unpaired) electrons. The second-order valence-corrected chi connectivity index (χ2v) is 5.79. The fourth-order valence-corrected chi connectivity index (χ4v) is 1.99. The number of carboxylic acids is 1. The first kappa shape index (κ1) is 16.9. The van der Waals surface area contributed by atoms with Gasteiger partial charge < -0.3 is 10.4 Å². The molecule has 2 unspecified atom stereocenters. The Morgan fingerprint density at radius 2 is 1.83 bits per heavy atom. The highest BCUT2D eigenvalue weighted by Crippen LogP contribution is 2.21. The number of hydrogen-bond acceptors (Lipinski definition) is 2. The van der Waals surface area contributed by atoms with E-state index in [1.807, 2.05) is 20.8 Å². The zero-order chi connectivity index (χ0) is 14.3. The van der Waals surface area contributed by atoms with Gasteiger partial charge in [-0.1, -0.05) is 40.5 Å². The van der Waals surface area contributed by atoms with Crippen molar-refractivity contribution in [2.45, 2.75) is 65.8 Å². The van der Waals surface area contributed by atoms with E-state index in [0.717, 1.165) is 12.8 Å². The van der Waals surface area contributed by atoms with Crippen molar-refractivity contribution < 1.29 is 14.7 Å². The molecule has 4 heteroatoms. The molecule has 2 N–H and O–H groups in total. The molecule has 0 heterocycles. The van der Waals surface area contributed by atoms with Crippen LogP contribution in [-0.4, -0.2) is 22.5 Å². The van der Waals surface area contributed by atoms with E-state index in [2.05, 4.69) is 12.2 Å². The highest BCUT2D eigenvalue weighted by atomic mass is 16.4. The maximum Gasteiger partial charge on any atom is 0.305 e. The molecule has 2 atom stereocenters. The SMILES string of the molecule is CCCC(C)CC(=O)NC(C)(CC(=O)O)C(C)C. The van der Waals surface area contributed by atoms with Gasteiger partial charge in [0.2, 0.25) is 5.91 Å². The van der Waals surface area contributed by atoms with Gasteiger partial charge >= 0.3 is 5.97 Å². The molecule has 0 saturated carbocycles. The molecule has 0 rings (SSSR count). The molecule has 18 heavy (non-hydrogen) atoms. The minimum absolute atomic E-state index is 0.0431. The van der Waals surface area contributed by atoms with E-state index in [4.69, 9.17) is 5.11 Å². The zero-order valence-electron chi connectivity index (χ0n) is 12.2. The van der Waals surface area contributed by atoms with Gasteiger partial charge in [0.25, 0.3) is 0 Å². The van der Waals surface area contributed by atoms with Crippen LogP contribution in [0.3, 0.4) is 0 Å². The molecule has 0 aromatic carbocycles. The minimum atomic E-state index is -0.881. The van der Waals surface area contributed by atoms with Crippen LogP contribution in [0.5, 0.6) is 0 Å². The van der Waals surface area contributed by atoms with Gasteiger partial charge in [-0.3, -0.25) is 9.59 Å². The molecule has 0 bridgehead atoms. The van der Waals surface area contributed by atoms with Gasteiger partial charge in [0, 0.05) is 12.0 Å². The van der Waals surface area contributed by atoms with Crippen LogP contribution in [0, 0.1) is 11.8 Å². The lowest BCUT2D eigenvalue weighted by Gasteiger charge is -2.33. The summed E-state index contributed by atoms with van der Waals surface area (Å²) >= 11 is 0. The zero-order valence-corrected chi connectivity index (χ0v) is 12.2. The number of carbonyl (C=O) groups excluding carboxylic acids is 1. The van der Waals surface area contributed by atoms with Crippen molar-refractivity contribution in [3.63, 3.8) is 0 Å². The Balaban J connectivity index is 4.50. The van der Waals surface area contributed by atoms with E-state index in [1.165, 1.54) is 0 Å². The first-order chi connectivity index (χ1) is 8.21. The Labute approximate surface area is 110 Å². The average molecular weight is 257 g/mol. The smallest absolute Gasteiger partial charge is 0.305 e. The standard InChI is InChI=1S/C14H27NO3/c1-6-7-11(4)8-12(16)15-14(5,10(2)3)9-13(17)18/h10-11H,6-9H2,1-5H3,(H,15,16)(H,17,18). The third-order valence-electron chi connectivity index (χ3n) is 3.53. The largest absolute Gasteiger partial charge is 0.481 e. The predicted octanol–water partition coefficient (Wildman–Crippen LogP) is 2.82. The second-order valence-electron chi connectivity index (χ2n) is 5.79. The lowest BCUT2D eigenvalue weighted by molar-refractivity contribution is -0.139. The van der Waals surface area contributed by atoms with Crippen molar-refractivity contribution in [2.75, 3.05) is 0 Å². The third kappa shape index (κ3) is 6.03. The van der Waals surface area contributed by atoms with Crippen LogP contribution in [-0.2, 0) is 9.59 Å². The van der Waals surface area contributed by atoms with Crippen molar-refractivity contribution in [1.82, 2.24) is 5.32 Å². The normalized spacial score (nSPS) is 16.1. The monoisotopic (exact) mass is 257 g/mol. The molecule has 4 nitrogen and oxygen atoms in total. The summed E-state index contributed by atoms with van der Waals surface area (Å²) in [4.78, 5) is 22.8. The van der Waals surface area contributed by atoms with Gasteiger partial charge in [-0.25, -0.2) is 0 Å². The van der Waals surface area contributed by atoms with Crippen molar-refractivity contribution in [3.05, 3.63) is 0 Å². The summed E-state index contributed by atoms with van der Waals surface area (Å²) < 4.78 is 0. The minimum Gasteiger partial charge on any atom is -0.481 e. The Bertz CT molecular complexity index is 289. The molecule has 0 aliphatic carbocycles. The maximum atomic E-state index is 11.9. The van der Waals surface area contributed by atoms with Gasteiger partial charge in [-0.2, -0.15) is 0 Å². The number of amides is 1. The Hall–Kier alpha value is -1.06. The summed E-state index contributed by atoms with van der Waals surface area (Å²) in [5, 5.41) is 11.8. The fraction of sp³-hybridized carbons (Fsp3) is 0.857. The Morgan fingerprint density at radius 1 is 1.28 bits per heavy atom. The maximum absolute atomic E-state index is 11.9. The van der Waals surface area contributed by atoms with Crippen LogP contribution in [0.15, 0.2) is 0 Å². The van der Waals surface area contributed by atoms with Crippen LogP contribution < -0.4 is 5.32 Å². The van der Waals surface area contributed by atoms with Crippen molar-refractivity contribution in [2.24, 2.45) is 11.8 Å². The van der Waals surface area contributed by atoms with Crippen LogP contribution in [0.1, 0.15) is 60.3 Å². The molecule has 0 aliphatic heterocycles. The predicted molar refractivity (Wildman–Crippen MR) is 72.3 cm³/mol. The molecule has 106 valence electrons. The lowest BCUT2D eigenvalue weighted by Crippen LogP contribution is -2.51. The van der Waals surface area contributed by atoms with Gasteiger partial charge in [-0.15, -0.1) is 0 Å². The second kappa shape index (κ2) is 7.39. The van der Waals surface area contributed by atoms with E-state index in [-0.39, 0.29) is 18.2 Å². The van der Waals surface area contributed by atoms with Gasteiger partial charge in [0.1, 0.15) is 0 Å². The van der Waals surface area contributed by atoms with E-state index >= 15 is 0 Å². The van der Waals surface area contributed by atoms with Crippen LogP contribution in [0.25, 0.3) is 0 Å². The average Bonchev–Trinajstić information content (AvgIpc) is 2.15. The van der Waals surface area contributed by atoms with Crippen molar-refractivity contribution >= 4 is 11.9 Å². The summed E-state index contributed by atoms with van der Waals surface area (Å²) in [6, 6.07) is 0. The molecule has 0 aromatic rings. The number of hydrogen-bond donors (Lipinski definition) is 2. The molecule has 0 spiro atoms. The first-order valence-corrected chi connectivity index (χ1v) is 6.74. The fourth-order valence-electron chi connectivity index (χ4n) is 1.99. The first-order valence-electron chi connectivity index (χ1n) is 6.74. The summed E-state index contributed by atoms with van der Waals surface area (Å²) in [6.07, 6.45) is 2.50. The van der Waals surface area contributed by atoms with E-state index < -0.39 is 11.5 Å². The van der Waals surface area contributed by atoms with Gasteiger partial charge in [0.05, 0.1) is 6.42 Å². The topological polar surface area (TPSA) is 66.4 Å². The number of nitrogens with one attached hydrogen (secondary N) is 1. The van der Waals surface area contributed by atoms with Gasteiger partial charge in [0.15, 0.2) is 0 Å². The molecular formula is C14H27NO3. The molecule has 0 aliphatic rings. The summed E-state index contributed by atoms with van der Waals surface area (Å²) in [5.41, 5.74) is -0.672. The highest BCUT2D eigenvalue weighted by Gasteiger charge is 2.32. The third-order valence-corrected chi connectivity index (χ3v) is 3.53. The molecule has 0 saturated heterocycles. The van der Waals surface area contributed by atoms with E-state index in [9.17, 15) is 9.59 Å². The summed E-state index contributed by atoms with van der Waals surface area (Å²) in [5.74, 6) is -0.503. The van der Waals surface area contributed by atoms with E-state index in [0.29, 0.717) is 12.3 Å². The molecule has 0 aromatic heterocycles. The molecular weight excluding hydrogens is 230 g/mol. The van der Waals surface area contributed by atoms with Gasteiger partial charge in [-0.05, 0) is 18.8 Å². The summed E-state index contributed by atoms with van der Waals surface area (Å²) in [7, 11) is 0. The lowest BCUT2D eigenvalue weighted by atomic mass is 9.84. The van der Waals surface area contributed by atoms with Crippen LogP contribution in [0.2, 0.25) is 0 Å². The molecule has 1 amide bonds. The summed E-state index contributed by atoms with van der Waals surface area (Å²) in [6.45, 7) is 9.80.